The van der Waals surface area contributed by atoms with E-state index in [-0.39, 0.29) is 18.0 Å². The molecule has 3 rings (SSSR count). The van der Waals surface area contributed by atoms with Gasteiger partial charge in [0.2, 0.25) is 0 Å². The van der Waals surface area contributed by atoms with Gasteiger partial charge in [-0.3, -0.25) is 0 Å². The zero-order chi connectivity index (χ0) is 21.7. The maximum absolute atomic E-state index is 11.9. The Morgan fingerprint density at radius 3 is 2.50 bits per heavy atom. The molecule has 0 aliphatic heterocycles. The first kappa shape index (κ1) is 21.9. The van der Waals surface area contributed by atoms with E-state index in [2.05, 4.69) is 26.8 Å². The van der Waals surface area contributed by atoms with Gasteiger partial charge in [-0.1, -0.05) is 40.2 Å². The fourth-order valence-electron chi connectivity index (χ4n) is 3.03. The molecule has 0 spiro atoms. The van der Waals surface area contributed by atoms with Crippen molar-refractivity contribution in [2.45, 2.75) is 52.1 Å². The summed E-state index contributed by atoms with van der Waals surface area (Å²) in [5.74, 6) is 0.685. The number of benzene rings is 2. The lowest BCUT2D eigenvalue weighted by atomic mass is 9.86. The highest BCUT2D eigenvalue weighted by Gasteiger charge is 2.18. The van der Waals surface area contributed by atoms with Crippen LogP contribution in [0.2, 0.25) is 0 Å². The second-order valence-electron chi connectivity index (χ2n) is 8.49. The van der Waals surface area contributed by atoms with Gasteiger partial charge < -0.3 is 19.0 Å². The first-order valence-corrected chi connectivity index (χ1v) is 10.4. The molecule has 0 saturated heterocycles. The van der Waals surface area contributed by atoms with E-state index in [4.69, 9.17) is 13.9 Å². The number of furan rings is 1. The topological polar surface area (TPSA) is 68.9 Å². The number of ether oxygens (including phenoxy) is 2. The molecule has 160 valence electrons. The molecule has 0 radical (unpaired) electrons. The Bertz CT molecular complexity index is 979. The molecule has 2 aromatic carbocycles. The number of carbonyl (C=O) groups excluding carboxylic acids is 1. The molecule has 30 heavy (non-hydrogen) atoms. The highest BCUT2D eigenvalue weighted by Crippen LogP contribution is 2.30. The molecule has 1 atom stereocenters. The normalized spacial score (nSPS) is 12.7. The zero-order valence-corrected chi connectivity index (χ0v) is 18.1. The summed E-state index contributed by atoms with van der Waals surface area (Å²) in [5.41, 5.74) is 2.47. The summed E-state index contributed by atoms with van der Waals surface area (Å²) in [6.45, 7) is 9.00. The van der Waals surface area contributed by atoms with Gasteiger partial charge in [0, 0.05) is 5.39 Å². The Morgan fingerprint density at radius 1 is 1.10 bits per heavy atom. The molecule has 1 N–H and O–H groups in total. The van der Waals surface area contributed by atoms with Gasteiger partial charge in [0.1, 0.15) is 29.8 Å². The van der Waals surface area contributed by atoms with Crippen molar-refractivity contribution in [3.63, 3.8) is 0 Å². The predicted molar refractivity (Wildman–Crippen MR) is 117 cm³/mol. The number of hydrogen-bond acceptors (Lipinski definition) is 5. The molecule has 0 bridgehead atoms. The number of carbonyl (C=O) groups is 1. The van der Waals surface area contributed by atoms with E-state index < -0.39 is 6.10 Å². The van der Waals surface area contributed by atoms with Gasteiger partial charge in [-0.25, -0.2) is 4.79 Å². The van der Waals surface area contributed by atoms with Gasteiger partial charge in [0.15, 0.2) is 0 Å². The van der Waals surface area contributed by atoms with Crippen LogP contribution in [0.1, 0.15) is 68.3 Å². The highest BCUT2D eigenvalue weighted by molar-refractivity contribution is 5.89. The summed E-state index contributed by atoms with van der Waals surface area (Å²) in [4.78, 5) is 11.9. The minimum absolute atomic E-state index is 0.0436. The average Bonchev–Trinajstić information content (AvgIpc) is 3.15. The van der Waals surface area contributed by atoms with Crippen molar-refractivity contribution in [3.8, 4) is 5.75 Å². The second-order valence-corrected chi connectivity index (χ2v) is 8.49. The molecule has 0 saturated carbocycles. The molecule has 1 unspecified atom stereocenters. The van der Waals surface area contributed by atoms with Gasteiger partial charge in [-0.15, -0.1) is 0 Å². The van der Waals surface area contributed by atoms with Crippen LogP contribution in [0.3, 0.4) is 0 Å². The predicted octanol–water partition coefficient (Wildman–Crippen LogP) is 5.80. The number of fused-ring (bicyclic) bond motifs is 1. The van der Waals surface area contributed by atoms with Crippen molar-refractivity contribution in [1.29, 1.82) is 0 Å². The summed E-state index contributed by atoms with van der Waals surface area (Å²) in [7, 11) is 0. The van der Waals surface area contributed by atoms with E-state index >= 15 is 0 Å². The van der Waals surface area contributed by atoms with Crippen molar-refractivity contribution in [3.05, 3.63) is 65.4 Å². The quantitative estimate of drug-likeness (QED) is 0.375. The fraction of sp³-hybridized carbons (Fsp3) is 0.400. The van der Waals surface area contributed by atoms with Crippen LogP contribution in [0.25, 0.3) is 11.0 Å². The maximum atomic E-state index is 11.9. The molecular formula is C25H30O5. The molecule has 0 fully saturated rings. The number of hydrogen-bond donors (Lipinski definition) is 1. The molecule has 5 nitrogen and oxygen atoms in total. The number of unbranched alkanes of at least 4 members (excludes halogenated alkanes) is 1. The first-order valence-electron chi connectivity index (χ1n) is 10.4. The van der Waals surface area contributed by atoms with E-state index in [1.165, 1.54) is 5.56 Å². The maximum Gasteiger partial charge on any atom is 0.338 e. The summed E-state index contributed by atoms with van der Waals surface area (Å²) in [5, 5.41) is 11.4. The number of aliphatic hydroxyl groups is 1. The molecule has 0 amide bonds. The van der Waals surface area contributed by atoms with Gasteiger partial charge in [0.05, 0.1) is 12.2 Å². The smallest absolute Gasteiger partial charge is 0.338 e. The average molecular weight is 411 g/mol. The van der Waals surface area contributed by atoms with Crippen molar-refractivity contribution < 1.29 is 23.8 Å². The van der Waals surface area contributed by atoms with E-state index in [1.807, 2.05) is 25.1 Å². The summed E-state index contributed by atoms with van der Waals surface area (Å²) in [6.07, 6.45) is 0.935. The van der Waals surface area contributed by atoms with Crippen LogP contribution in [-0.4, -0.2) is 24.3 Å². The van der Waals surface area contributed by atoms with Crippen LogP contribution in [0, 0.1) is 0 Å². The number of rotatable bonds is 8. The van der Waals surface area contributed by atoms with Crippen molar-refractivity contribution in [2.24, 2.45) is 0 Å². The Labute approximate surface area is 177 Å². The third kappa shape index (κ3) is 5.42. The van der Waals surface area contributed by atoms with E-state index in [0.29, 0.717) is 23.7 Å². The highest BCUT2D eigenvalue weighted by atomic mass is 16.5. The molecule has 5 heteroatoms. The summed E-state index contributed by atoms with van der Waals surface area (Å²) in [6, 6.07) is 14.6. The third-order valence-corrected chi connectivity index (χ3v) is 4.96. The van der Waals surface area contributed by atoms with Crippen LogP contribution in [0.4, 0.5) is 0 Å². The van der Waals surface area contributed by atoms with E-state index in [9.17, 15) is 9.90 Å². The van der Waals surface area contributed by atoms with E-state index in [1.54, 1.807) is 24.3 Å². The third-order valence-electron chi connectivity index (χ3n) is 4.96. The molecule has 0 aliphatic carbocycles. The van der Waals surface area contributed by atoms with Crippen molar-refractivity contribution in [2.75, 3.05) is 13.2 Å². The first-order chi connectivity index (χ1) is 14.3. The number of esters is 1. The SMILES string of the molecule is CCCCOC(=O)c1ccc(OCC(O)c2cc3cc(C(C)(C)C)ccc3o2)cc1. The van der Waals surface area contributed by atoms with Gasteiger partial charge in [-0.2, -0.15) is 0 Å². The molecular weight excluding hydrogens is 380 g/mol. The monoisotopic (exact) mass is 410 g/mol. The molecule has 1 heterocycles. The van der Waals surface area contributed by atoms with Crippen LogP contribution in [0.15, 0.2) is 52.9 Å². The molecule has 3 aromatic rings. The van der Waals surface area contributed by atoms with Crippen molar-refractivity contribution >= 4 is 16.9 Å². The Morgan fingerprint density at radius 2 is 1.83 bits per heavy atom. The summed E-state index contributed by atoms with van der Waals surface area (Å²) < 4.78 is 16.6. The van der Waals surface area contributed by atoms with E-state index in [0.717, 1.165) is 23.8 Å². The zero-order valence-electron chi connectivity index (χ0n) is 18.1. The van der Waals surface area contributed by atoms with Crippen molar-refractivity contribution in [1.82, 2.24) is 0 Å². The van der Waals surface area contributed by atoms with Crippen LogP contribution in [0.5, 0.6) is 5.75 Å². The summed E-state index contributed by atoms with van der Waals surface area (Å²) >= 11 is 0. The Kier molecular flexibility index (Phi) is 6.83. The molecule has 1 aromatic heterocycles. The van der Waals surface area contributed by atoms with Crippen LogP contribution in [-0.2, 0) is 10.2 Å². The van der Waals surface area contributed by atoms with Crippen LogP contribution < -0.4 is 4.74 Å². The minimum Gasteiger partial charge on any atom is -0.490 e. The fourth-order valence-corrected chi connectivity index (χ4v) is 3.03. The lowest BCUT2D eigenvalue weighted by Gasteiger charge is -2.18. The standard InChI is InChI=1S/C25H30O5/c1-5-6-13-28-24(27)17-7-10-20(11-8-17)29-16-21(26)23-15-18-14-19(25(2,3)4)9-12-22(18)30-23/h7-12,14-15,21,26H,5-6,13,16H2,1-4H3. The van der Waals surface area contributed by atoms with Gasteiger partial charge in [-0.05, 0) is 59.9 Å². The van der Waals surface area contributed by atoms with Crippen LogP contribution >= 0.6 is 0 Å². The van der Waals surface area contributed by atoms with Gasteiger partial charge in [0.25, 0.3) is 0 Å². The minimum atomic E-state index is -0.894. The largest absolute Gasteiger partial charge is 0.490 e. The second kappa shape index (κ2) is 9.35. The lowest BCUT2D eigenvalue weighted by molar-refractivity contribution is 0.0499. The Balaban J connectivity index is 1.60. The Hall–Kier alpha value is -2.79. The lowest BCUT2D eigenvalue weighted by Crippen LogP contribution is -2.10. The molecule has 0 aliphatic rings. The van der Waals surface area contributed by atoms with Gasteiger partial charge >= 0.3 is 5.97 Å². The number of aliphatic hydroxyl groups excluding tert-OH is 1.